The summed E-state index contributed by atoms with van der Waals surface area (Å²) < 4.78 is 0. The molecule has 1 aliphatic rings. The average Bonchev–Trinajstić information content (AvgIpc) is 2.98. The maximum Gasteiger partial charge on any atom is 0.308 e. The monoisotopic (exact) mass is 295 g/mol. The minimum atomic E-state index is -0.784. The Bertz CT molecular complexity index is 458. The van der Waals surface area contributed by atoms with Crippen molar-refractivity contribution in [3.05, 3.63) is 22.4 Å². The molecule has 1 fully saturated rings. The molecule has 0 aliphatic carbocycles. The number of hydrogen-bond donors (Lipinski definition) is 1. The van der Waals surface area contributed by atoms with Gasteiger partial charge in [-0.3, -0.25) is 9.59 Å². The Hall–Kier alpha value is -1.36. The normalized spacial score (nSPS) is 20.6. The Labute approximate surface area is 123 Å². The second-order valence-electron chi connectivity index (χ2n) is 5.34. The first-order valence-electron chi connectivity index (χ1n) is 7.15. The van der Waals surface area contributed by atoms with Gasteiger partial charge in [-0.2, -0.15) is 0 Å². The third-order valence-electron chi connectivity index (χ3n) is 3.98. The van der Waals surface area contributed by atoms with Crippen molar-refractivity contribution < 1.29 is 14.7 Å². The SMILES string of the molecule is CCC(CC(=O)N1CCCC(C(=O)O)C1)c1cccs1. The van der Waals surface area contributed by atoms with E-state index in [-0.39, 0.29) is 11.8 Å². The number of carbonyl (C=O) groups is 2. The average molecular weight is 295 g/mol. The van der Waals surface area contributed by atoms with Gasteiger partial charge in [-0.15, -0.1) is 11.3 Å². The summed E-state index contributed by atoms with van der Waals surface area (Å²) in [6.45, 7) is 3.16. The number of likely N-dealkylation sites (tertiary alicyclic amines) is 1. The zero-order valence-corrected chi connectivity index (χ0v) is 12.6. The molecule has 0 spiro atoms. The molecule has 20 heavy (non-hydrogen) atoms. The third-order valence-corrected chi connectivity index (χ3v) is 5.02. The summed E-state index contributed by atoms with van der Waals surface area (Å²) in [6, 6.07) is 4.08. The Morgan fingerprint density at radius 2 is 2.35 bits per heavy atom. The van der Waals surface area contributed by atoms with E-state index in [4.69, 9.17) is 5.11 Å². The minimum absolute atomic E-state index is 0.0937. The molecular formula is C15H21NO3S. The van der Waals surface area contributed by atoms with E-state index in [0.29, 0.717) is 25.9 Å². The maximum absolute atomic E-state index is 12.4. The van der Waals surface area contributed by atoms with E-state index in [1.165, 1.54) is 4.88 Å². The molecule has 1 amide bonds. The predicted octanol–water partition coefficient (Wildman–Crippen LogP) is 2.96. The van der Waals surface area contributed by atoms with E-state index < -0.39 is 11.9 Å². The van der Waals surface area contributed by atoms with Gasteiger partial charge < -0.3 is 10.0 Å². The molecule has 1 aromatic rings. The quantitative estimate of drug-likeness (QED) is 0.908. The second kappa shape index (κ2) is 6.88. The summed E-state index contributed by atoms with van der Waals surface area (Å²) in [5.41, 5.74) is 0. The molecule has 2 unspecified atom stereocenters. The van der Waals surface area contributed by atoms with Crippen LogP contribution in [-0.2, 0) is 9.59 Å². The number of hydrogen-bond acceptors (Lipinski definition) is 3. The first-order chi connectivity index (χ1) is 9.61. The minimum Gasteiger partial charge on any atom is -0.481 e. The number of rotatable bonds is 5. The van der Waals surface area contributed by atoms with Crippen LogP contribution in [0.1, 0.15) is 43.4 Å². The highest BCUT2D eigenvalue weighted by molar-refractivity contribution is 7.10. The van der Waals surface area contributed by atoms with Gasteiger partial charge in [0.25, 0.3) is 0 Å². The Kier molecular flexibility index (Phi) is 5.17. The third kappa shape index (κ3) is 3.60. The number of nitrogens with zero attached hydrogens (tertiary/aromatic N) is 1. The molecular weight excluding hydrogens is 274 g/mol. The van der Waals surface area contributed by atoms with Gasteiger partial charge in [-0.05, 0) is 30.7 Å². The topological polar surface area (TPSA) is 57.6 Å². The molecule has 110 valence electrons. The fourth-order valence-corrected chi connectivity index (χ4v) is 3.63. The zero-order chi connectivity index (χ0) is 14.5. The lowest BCUT2D eigenvalue weighted by molar-refractivity contribution is -0.145. The van der Waals surface area contributed by atoms with Gasteiger partial charge in [0.2, 0.25) is 5.91 Å². The number of aliphatic carboxylic acids is 1. The summed E-state index contributed by atoms with van der Waals surface area (Å²) >= 11 is 1.68. The molecule has 0 saturated carbocycles. The van der Waals surface area contributed by atoms with Crippen LogP contribution in [0.5, 0.6) is 0 Å². The van der Waals surface area contributed by atoms with Crippen LogP contribution < -0.4 is 0 Å². The van der Waals surface area contributed by atoms with Crippen molar-refractivity contribution in [3.63, 3.8) is 0 Å². The van der Waals surface area contributed by atoms with Gasteiger partial charge in [-0.25, -0.2) is 0 Å². The van der Waals surface area contributed by atoms with Crippen LogP contribution in [-0.4, -0.2) is 35.0 Å². The largest absolute Gasteiger partial charge is 0.481 e. The summed E-state index contributed by atoms with van der Waals surface area (Å²) in [5.74, 6) is -0.828. The number of amides is 1. The lowest BCUT2D eigenvalue weighted by atomic mass is 9.95. The number of thiophene rings is 1. The predicted molar refractivity (Wildman–Crippen MR) is 78.9 cm³/mol. The maximum atomic E-state index is 12.4. The molecule has 2 atom stereocenters. The number of carbonyl (C=O) groups excluding carboxylic acids is 1. The summed E-state index contributed by atoms with van der Waals surface area (Å²) in [5, 5.41) is 11.1. The smallest absolute Gasteiger partial charge is 0.308 e. The molecule has 1 aromatic heterocycles. The van der Waals surface area contributed by atoms with E-state index in [1.54, 1.807) is 16.2 Å². The molecule has 2 heterocycles. The fourth-order valence-electron chi connectivity index (χ4n) is 2.71. The van der Waals surface area contributed by atoms with Crippen molar-refractivity contribution >= 4 is 23.2 Å². The van der Waals surface area contributed by atoms with E-state index in [2.05, 4.69) is 13.0 Å². The van der Waals surface area contributed by atoms with Crippen LogP contribution in [0.15, 0.2) is 17.5 Å². The highest BCUT2D eigenvalue weighted by Gasteiger charge is 2.29. The van der Waals surface area contributed by atoms with Gasteiger partial charge in [0.05, 0.1) is 5.92 Å². The Morgan fingerprint density at radius 3 is 2.95 bits per heavy atom. The van der Waals surface area contributed by atoms with Crippen molar-refractivity contribution in [2.45, 2.75) is 38.5 Å². The molecule has 1 saturated heterocycles. The van der Waals surface area contributed by atoms with Crippen molar-refractivity contribution in [1.82, 2.24) is 4.90 Å². The van der Waals surface area contributed by atoms with Crippen LogP contribution in [0, 0.1) is 5.92 Å². The summed E-state index contributed by atoms with van der Waals surface area (Å²) in [7, 11) is 0. The van der Waals surface area contributed by atoms with E-state index >= 15 is 0 Å². The van der Waals surface area contributed by atoms with Crippen molar-refractivity contribution in [2.24, 2.45) is 5.92 Å². The van der Waals surface area contributed by atoms with Gasteiger partial charge in [-0.1, -0.05) is 13.0 Å². The van der Waals surface area contributed by atoms with E-state index in [1.807, 2.05) is 11.4 Å². The number of piperidine rings is 1. The standard InChI is InChI=1S/C15H21NO3S/c1-2-11(13-6-4-8-20-13)9-14(17)16-7-3-5-12(10-16)15(18)19/h4,6,8,11-12H,2-3,5,7,9-10H2,1H3,(H,18,19). The van der Waals surface area contributed by atoms with Gasteiger partial charge >= 0.3 is 5.97 Å². The van der Waals surface area contributed by atoms with Crippen LogP contribution >= 0.6 is 11.3 Å². The first-order valence-corrected chi connectivity index (χ1v) is 8.03. The van der Waals surface area contributed by atoms with Crippen molar-refractivity contribution in [1.29, 1.82) is 0 Å². The highest BCUT2D eigenvalue weighted by atomic mass is 32.1. The first kappa shape index (κ1) is 15.0. The Morgan fingerprint density at radius 1 is 1.55 bits per heavy atom. The van der Waals surface area contributed by atoms with E-state index in [0.717, 1.165) is 12.8 Å². The molecule has 4 nitrogen and oxygen atoms in total. The lowest BCUT2D eigenvalue weighted by Crippen LogP contribution is -2.42. The fraction of sp³-hybridized carbons (Fsp3) is 0.600. The zero-order valence-electron chi connectivity index (χ0n) is 11.7. The molecule has 0 radical (unpaired) electrons. The Balaban J connectivity index is 1.95. The van der Waals surface area contributed by atoms with E-state index in [9.17, 15) is 9.59 Å². The van der Waals surface area contributed by atoms with Crippen LogP contribution in [0.4, 0.5) is 0 Å². The molecule has 0 aromatic carbocycles. The second-order valence-corrected chi connectivity index (χ2v) is 6.32. The molecule has 2 rings (SSSR count). The van der Waals surface area contributed by atoms with Crippen molar-refractivity contribution in [2.75, 3.05) is 13.1 Å². The van der Waals surface area contributed by atoms with Gasteiger partial charge in [0.1, 0.15) is 0 Å². The van der Waals surface area contributed by atoms with Crippen LogP contribution in [0.3, 0.4) is 0 Å². The molecule has 0 bridgehead atoms. The van der Waals surface area contributed by atoms with Crippen LogP contribution in [0.25, 0.3) is 0 Å². The van der Waals surface area contributed by atoms with Gasteiger partial charge in [0.15, 0.2) is 0 Å². The summed E-state index contributed by atoms with van der Waals surface area (Å²) in [4.78, 5) is 26.4. The molecule has 1 aliphatic heterocycles. The molecule has 1 N–H and O–H groups in total. The number of carboxylic acids is 1. The lowest BCUT2D eigenvalue weighted by Gasteiger charge is -2.31. The van der Waals surface area contributed by atoms with Crippen LogP contribution in [0.2, 0.25) is 0 Å². The number of carboxylic acid groups (broad SMARTS) is 1. The summed E-state index contributed by atoms with van der Waals surface area (Å²) in [6.07, 6.45) is 2.89. The highest BCUT2D eigenvalue weighted by Crippen LogP contribution is 2.29. The van der Waals surface area contributed by atoms with Gasteiger partial charge in [0, 0.05) is 30.3 Å². The molecule has 5 heteroatoms. The van der Waals surface area contributed by atoms with Crippen molar-refractivity contribution in [3.8, 4) is 0 Å².